The van der Waals surface area contributed by atoms with Gasteiger partial charge >= 0.3 is 0 Å². The standard InChI is InChI=1S/C26H42O/c1-3-5-6-7-22-12-15-24(16-13-22)25-17-19-26(27-20-25)18-14-23-10-8-21(4-2)9-11-23/h8-11,22,24-26H,3-7,12-20H2,1-2H3. The van der Waals surface area contributed by atoms with Gasteiger partial charge in [-0.25, -0.2) is 0 Å². The van der Waals surface area contributed by atoms with E-state index in [9.17, 15) is 0 Å². The second kappa shape index (κ2) is 11.2. The maximum atomic E-state index is 6.32. The first kappa shape index (κ1) is 20.9. The first-order valence-electron chi connectivity index (χ1n) is 12.0. The Morgan fingerprint density at radius 1 is 0.778 bits per heavy atom. The molecule has 1 aliphatic carbocycles. The second-order valence-corrected chi connectivity index (χ2v) is 9.28. The van der Waals surface area contributed by atoms with Gasteiger partial charge in [0.15, 0.2) is 0 Å². The Kier molecular flexibility index (Phi) is 8.71. The van der Waals surface area contributed by atoms with Gasteiger partial charge in [0.05, 0.1) is 12.7 Å². The molecule has 3 rings (SSSR count). The van der Waals surface area contributed by atoms with E-state index in [1.807, 2.05) is 0 Å². The highest BCUT2D eigenvalue weighted by molar-refractivity contribution is 5.22. The first-order chi connectivity index (χ1) is 13.3. The maximum absolute atomic E-state index is 6.32. The molecule has 2 atom stereocenters. The molecule has 0 N–H and O–H groups in total. The average Bonchev–Trinajstić information content (AvgIpc) is 2.74. The van der Waals surface area contributed by atoms with Crippen molar-refractivity contribution in [3.05, 3.63) is 35.4 Å². The third-order valence-electron chi connectivity index (χ3n) is 7.37. The minimum Gasteiger partial charge on any atom is -0.378 e. The Labute approximate surface area is 168 Å². The van der Waals surface area contributed by atoms with Crippen LogP contribution in [0.4, 0.5) is 0 Å². The summed E-state index contributed by atoms with van der Waals surface area (Å²) >= 11 is 0. The molecule has 2 aliphatic rings. The molecular weight excluding hydrogens is 328 g/mol. The summed E-state index contributed by atoms with van der Waals surface area (Å²) in [5, 5.41) is 0. The number of unbranched alkanes of at least 4 members (excludes halogenated alkanes) is 2. The summed E-state index contributed by atoms with van der Waals surface area (Å²) in [6, 6.07) is 9.18. The van der Waals surface area contributed by atoms with Crippen LogP contribution < -0.4 is 0 Å². The van der Waals surface area contributed by atoms with Crippen LogP contribution in [0.15, 0.2) is 24.3 Å². The summed E-state index contributed by atoms with van der Waals surface area (Å²) in [6.07, 6.45) is 18.3. The highest BCUT2D eigenvalue weighted by Crippen LogP contribution is 2.39. The molecule has 27 heavy (non-hydrogen) atoms. The van der Waals surface area contributed by atoms with Crippen molar-refractivity contribution in [2.24, 2.45) is 17.8 Å². The van der Waals surface area contributed by atoms with Gasteiger partial charge in [-0.1, -0.05) is 76.6 Å². The molecule has 1 aromatic rings. The van der Waals surface area contributed by atoms with Crippen molar-refractivity contribution in [2.75, 3.05) is 6.61 Å². The third kappa shape index (κ3) is 6.63. The van der Waals surface area contributed by atoms with Crippen LogP contribution in [0, 0.1) is 17.8 Å². The molecule has 0 amide bonds. The van der Waals surface area contributed by atoms with E-state index < -0.39 is 0 Å². The molecule has 1 aliphatic heterocycles. The third-order valence-corrected chi connectivity index (χ3v) is 7.37. The van der Waals surface area contributed by atoms with Gasteiger partial charge in [0.1, 0.15) is 0 Å². The molecule has 0 spiro atoms. The van der Waals surface area contributed by atoms with Gasteiger partial charge in [0, 0.05) is 0 Å². The van der Waals surface area contributed by atoms with Crippen molar-refractivity contribution >= 4 is 0 Å². The normalized spacial score (nSPS) is 29.0. The predicted molar refractivity (Wildman–Crippen MR) is 116 cm³/mol. The fourth-order valence-electron chi connectivity index (χ4n) is 5.33. The Hall–Kier alpha value is -0.820. The summed E-state index contributed by atoms with van der Waals surface area (Å²) in [5.41, 5.74) is 2.91. The molecule has 2 fully saturated rings. The van der Waals surface area contributed by atoms with Crippen LogP contribution in [-0.2, 0) is 17.6 Å². The Morgan fingerprint density at radius 3 is 2.11 bits per heavy atom. The molecular formula is C26H42O. The molecule has 1 nitrogen and oxygen atoms in total. The molecule has 1 aromatic carbocycles. The van der Waals surface area contributed by atoms with Crippen molar-refractivity contribution in [1.29, 1.82) is 0 Å². The lowest BCUT2D eigenvalue weighted by molar-refractivity contribution is -0.0418. The molecule has 0 bridgehead atoms. The Morgan fingerprint density at radius 2 is 1.48 bits per heavy atom. The quantitative estimate of drug-likeness (QED) is 0.412. The van der Waals surface area contributed by atoms with E-state index in [0.29, 0.717) is 6.10 Å². The van der Waals surface area contributed by atoms with Crippen LogP contribution in [0.25, 0.3) is 0 Å². The number of hydrogen-bond acceptors (Lipinski definition) is 1. The zero-order valence-corrected chi connectivity index (χ0v) is 17.9. The summed E-state index contributed by atoms with van der Waals surface area (Å²) in [4.78, 5) is 0. The first-order valence-corrected chi connectivity index (χ1v) is 12.0. The van der Waals surface area contributed by atoms with E-state index in [4.69, 9.17) is 4.74 Å². The Balaban J connectivity index is 1.32. The molecule has 2 unspecified atom stereocenters. The van der Waals surface area contributed by atoms with Crippen molar-refractivity contribution in [3.8, 4) is 0 Å². The number of aryl methyl sites for hydroxylation is 2. The van der Waals surface area contributed by atoms with Gasteiger partial charge in [0.25, 0.3) is 0 Å². The second-order valence-electron chi connectivity index (χ2n) is 9.28. The van der Waals surface area contributed by atoms with Crippen LogP contribution in [0.3, 0.4) is 0 Å². The summed E-state index contributed by atoms with van der Waals surface area (Å²) in [6.45, 7) is 5.57. The minimum absolute atomic E-state index is 0.498. The number of hydrogen-bond donors (Lipinski definition) is 0. The van der Waals surface area contributed by atoms with Crippen molar-refractivity contribution < 1.29 is 4.74 Å². The van der Waals surface area contributed by atoms with Gasteiger partial charge < -0.3 is 4.74 Å². The van der Waals surface area contributed by atoms with Crippen LogP contribution in [0.5, 0.6) is 0 Å². The van der Waals surface area contributed by atoms with Crippen LogP contribution in [-0.4, -0.2) is 12.7 Å². The average molecular weight is 371 g/mol. The summed E-state index contributed by atoms with van der Waals surface area (Å²) in [7, 11) is 0. The molecule has 152 valence electrons. The predicted octanol–water partition coefficient (Wildman–Crippen LogP) is 7.36. The van der Waals surface area contributed by atoms with Crippen molar-refractivity contribution in [3.63, 3.8) is 0 Å². The molecule has 1 saturated carbocycles. The lowest BCUT2D eigenvalue weighted by Gasteiger charge is -2.38. The molecule has 1 heteroatoms. The largest absolute Gasteiger partial charge is 0.378 e. The topological polar surface area (TPSA) is 9.23 Å². The number of benzene rings is 1. The lowest BCUT2D eigenvalue weighted by Crippen LogP contribution is -2.32. The van der Waals surface area contributed by atoms with Crippen molar-refractivity contribution in [2.45, 2.75) is 103 Å². The monoisotopic (exact) mass is 370 g/mol. The fraction of sp³-hybridized carbons (Fsp3) is 0.769. The van der Waals surface area contributed by atoms with Gasteiger partial charge in [-0.3, -0.25) is 0 Å². The smallest absolute Gasteiger partial charge is 0.0578 e. The van der Waals surface area contributed by atoms with E-state index in [1.54, 1.807) is 0 Å². The molecule has 1 heterocycles. The van der Waals surface area contributed by atoms with E-state index in [0.717, 1.165) is 30.8 Å². The minimum atomic E-state index is 0.498. The van der Waals surface area contributed by atoms with Gasteiger partial charge in [-0.2, -0.15) is 0 Å². The van der Waals surface area contributed by atoms with Gasteiger partial charge in [-0.05, 0) is 73.8 Å². The maximum Gasteiger partial charge on any atom is 0.0578 e. The SMILES string of the molecule is CCCCCC1CCC(C2CCC(CCc3ccc(CC)cc3)OC2)CC1. The van der Waals surface area contributed by atoms with Crippen LogP contribution in [0.2, 0.25) is 0 Å². The van der Waals surface area contributed by atoms with Crippen molar-refractivity contribution in [1.82, 2.24) is 0 Å². The zero-order valence-electron chi connectivity index (χ0n) is 17.9. The van der Waals surface area contributed by atoms with Gasteiger partial charge in [-0.15, -0.1) is 0 Å². The fourth-order valence-corrected chi connectivity index (χ4v) is 5.33. The van der Waals surface area contributed by atoms with E-state index in [1.165, 1.54) is 88.2 Å². The van der Waals surface area contributed by atoms with E-state index in [2.05, 4.69) is 38.1 Å². The zero-order chi connectivity index (χ0) is 18.9. The number of rotatable bonds is 9. The van der Waals surface area contributed by atoms with E-state index >= 15 is 0 Å². The van der Waals surface area contributed by atoms with Crippen LogP contribution >= 0.6 is 0 Å². The lowest BCUT2D eigenvalue weighted by atomic mass is 9.72. The highest BCUT2D eigenvalue weighted by atomic mass is 16.5. The number of ether oxygens (including phenoxy) is 1. The Bertz CT molecular complexity index is 504. The van der Waals surface area contributed by atoms with E-state index in [-0.39, 0.29) is 0 Å². The van der Waals surface area contributed by atoms with Gasteiger partial charge in [0.2, 0.25) is 0 Å². The highest BCUT2D eigenvalue weighted by Gasteiger charge is 2.31. The van der Waals surface area contributed by atoms with Crippen LogP contribution in [0.1, 0.15) is 95.6 Å². The molecule has 0 aromatic heterocycles. The molecule has 0 radical (unpaired) electrons. The summed E-state index contributed by atoms with van der Waals surface area (Å²) < 4.78 is 6.32. The molecule has 1 saturated heterocycles. The summed E-state index contributed by atoms with van der Waals surface area (Å²) in [5.74, 6) is 2.83.